The number of halogens is 3. The van der Waals surface area contributed by atoms with Crippen molar-refractivity contribution in [2.45, 2.75) is 37.9 Å². The Morgan fingerprint density at radius 2 is 2.04 bits per heavy atom. The first-order valence-electron chi connectivity index (χ1n) is 8.18. The Labute approximate surface area is 139 Å². The second-order valence-electron chi connectivity index (χ2n) is 6.05. The van der Waals surface area contributed by atoms with E-state index in [0.717, 1.165) is 31.9 Å². The molecule has 1 atom stereocenters. The molecular formula is C17H23F3N2O2. The number of rotatable bonds is 6. The molecule has 4 nitrogen and oxygen atoms in total. The van der Waals surface area contributed by atoms with Gasteiger partial charge in [0.25, 0.3) is 0 Å². The van der Waals surface area contributed by atoms with Crippen LogP contribution in [0.25, 0.3) is 0 Å². The smallest absolute Gasteiger partial charge is 0.395 e. The Morgan fingerprint density at radius 3 is 2.75 bits per heavy atom. The van der Waals surface area contributed by atoms with E-state index in [9.17, 15) is 23.1 Å². The van der Waals surface area contributed by atoms with E-state index >= 15 is 0 Å². The predicted molar refractivity (Wildman–Crippen MR) is 84.5 cm³/mol. The minimum Gasteiger partial charge on any atom is -0.395 e. The van der Waals surface area contributed by atoms with Gasteiger partial charge in [0.05, 0.1) is 18.6 Å². The van der Waals surface area contributed by atoms with Crippen LogP contribution in [0.3, 0.4) is 0 Å². The SMILES string of the molecule is O=C(Cc1ccccc1C(F)(F)F)NCCN1CCCC[C@@H]1CO. The van der Waals surface area contributed by atoms with E-state index in [1.54, 1.807) is 0 Å². The molecule has 1 aromatic carbocycles. The van der Waals surface area contributed by atoms with Crippen molar-refractivity contribution in [2.24, 2.45) is 0 Å². The Balaban J connectivity index is 1.84. The van der Waals surface area contributed by atoms with Crippen LogP contribution in [-0.2, 0) is 17.4 Å². The number of likely N-dealkylation sites (tertiary alicyclic amines) is 1. The van der Waals surface area contributed by atoms with Gasteiger partial charge in [0.1, 0.15) is 0 Å². The van der Waals surface area contributed by atoms with Crippen LogP contribution in [0.15, 0.2) is 24.3 Å². The van der Waals surface area contributed by atoms with Gasteiger partial charge in [0, 0.05) is 19.1 Å². The molecule has 2 N–H and O–H groups in total. The lowest BCUT2D eigenvalue weighted by atomic mass is 10.0. The number of nitrogens with one attached hydrogen (secondary N) is 1. The third kappa shape index (κ3) is 5.21. The van der Waals surface area contributed by atoms with Crippen LogP contribution in [0.5, 0.6) is 0 Å². The summed E-state index contributed by atoms with van der Waals surface area (Å²) < 4.78 is 38.7. The summed E-state index contributed by atoms with van der Waals surface area (Å²) in [5.74, 6) is -0.427. The first kappa shape index (κ1) is 18.7. The van der Waals surface area contributed by atoms with Gasteiger partial charge in [-0.25, -0.2) is 0 Å². The fraction of sp³-hybridized carbons (Fsp3) is 0.588. The highest BCUT2D eigenvalue weighted by atomic mass is 19.4. The van der Waals surface area contributed by atoms with Gasteiger partial charge >= 0.3 is 6.18 Å². The Bertz CT molecular complexity index is 549. The molecule has 0 aliphatic carbocycles. The van der Waals surface area contributed by atoms with Gasteiger partial charge in [-0.3, -0.25) is 9.69 Å². The van der Waals surface area contributed by atoms with Gasteiger partial charge in [0.15, 0.2) is 0 Å². The molecule has 1 aliphatic rings. The third-order valence-corrected chi connectivity index (χ3v) is 4.35. The molecule has 0 saturated carbocycles. The zero-order valence-corrected chi connectivity index (χ0v) is 13.5. The Hall–Kier alpha value is -1.60. The van der Waals surface area contributed by atoms with Crippen LogP contribution in [0.4, 0.5) is 13.2 Å². The molecule has 0 aromatic heterocycles. The van der Waals surface area contributed by atoms with Crippen LogP contribution in [0, 0.1) is 0 Å². The van der Waals surface area contributed by atoms with Crippen LogP contribution in [0.2, 0.25) is 0 Å². The number of amides is 1. The summed E-state index contributed by atoms with van der Waals surface area (Å²) in [7, 11) is 0. The highest BCUT2D eigenvalue weighted by molar-refractivity contribution is 5.79. The molecule has 0 spiro atoms. The fourth-order valence-corrected chi connectivity index (χ4v) is 3.09. The molecule has 2 rings (SSSR count). The summed E-state index contributed by atoms with van der Waals surface area (Å²) in [4.78, 5) is 14.1. The number of hydrogen-bond donors (Lipinski definition) is 2. The van der Waals surface area contributed by atoms with Crippen molar-refractivity contribution in [1.82, 2.24) is 10.2 Å². The summed E-state index contributed by atoms with van der Waals surface area (Å²) in [6.07, 6.45) is -1.67. The average molecular weight is 344 g/mol. The maximum Gasteiger partial charge on any atom is 0.416 e. The summed E-state index contributed by atoms with van der Waals surface area (Å²) in [5, 5.41) is 12.0. The highest BCUT2D eigenvalue weighted by Crippen LogP contribution is 2.31. The molecule has 1 aliphatic heterocycles. The number of piperidine rings is 1. The summed E-state index contributed by atoms with van der Waals surface area (Å²) >= 11 is 0. The van der Waals surface area contributed by atoms with Gasteiger partial charge in [-0.1, -0.05) is 24.6 Å². The number of aliphatic hydroxyl groups excluding tert-OH is 1. The zero-order valence-electron chi connectivity index (χ0n) is 13.5. The van der Waals surface area contributed by atoms with Gasteiger partial charge in [-0.2, -0.15) is 13.2 Å². The molecule has 1 amide bonds. The summed E-state index contributed by atoms with van der Waals surface area (Å²) in [6.45, 7) is 1.92. The van der Waals surface area contributed by atoms with Gasteiger partial charge < -0.3 is 10.4 Å². The van der Waals surface area contributed by atoms with Gasteiger partial charge in [-0.05, 0) is 31.0 Å². The lowest BCUT2D eigenvalue weighted by Gasteiger charge is -2.34. The quantitative estimate of drug-likeness (QED) is 0.832. The number of aliphatic hydroxyl groups is 1. The van der Waals surface area contributed by atoms with Crippen molar-refractivity contribution in [1.29, 1.82) is 0 Å². The number of alkyl halides is 3. The first-order chi connectivity index (χ1) is 11.4. The molecule has 1 saturated heterocycles. The molecule has 7 heteroatoms. The lowest BCUT2D eigenvalue weighted by molar-refractivity contribution is -0.138. The molecule has 1 fully saturated rings. The molecule has 134 valence electrons. The van der Waals surface area contributed by atoms with Crippen molar-refractivity contribution in [3.05, 3.63) is 35.4 Å². The van der Waals surface area contributed by atoms with E-state index in [-0.39, 0.29) is 24.6 Å². The number of carbonyl (C=O) groups is 1. The number of benzene rings is 1. The molecule has 1 aromatic rings. The van der Waals surface area contributed by atoms with Crippen LogP contribution >= 0.6 is 0 Å². The number of nitrogens with zero attached hydrogens (tertiary/aromatic N) is 1. The van der Waals surface area contributed by atoms with Crippen molar-refractivity contribution >= 4 is 5.91 Å². The standard InChI is InChI=1S/C17H23F3N2O2/c18-17(19,20)15-7-2-1-5-13(15)11-16(24)21-8-10-22-9-4-3-6-14(22)12-23/h1-2,5,7,14,23H,3-4,6,8-12H2,(H,21,24)/t14-/m1/s1. The normalized spacial score (nSPS) is 19.2. The predicted octanol–water partition coefficient (Wildman–Crippen LogP) is 2.21. The maximum absolute atomic E-state index is 12.9. The van der Waals surface area contributed by atoms with E-state index < -0.39 is 17.6 Å². The number of hydrogen-bond acceptors (Lipinski definition) is 3. The van der Waals surface area contributed by atoms with Gasteiger partial charge in [0.2, 0.25) is 5.91 Å². The second-order valence-corrected chi connectivity index (χ2v) is 6.05. The Kier molecular flexibility index (Phi) is 6.62. The highest BCUT2D eigenvalue weighted by Gasteiger charge is 2.33. The van der Waals surface area contributed by atoms with Gasteiger partial charge in [-0.15, -0.1) is 0 Å². The van der Waals surface area contributed by atoms with Crippen LogP contribution in [-0.4, -0.2) is 48.2 Å². The summed E-state index contributed by atoms with van der Waals surface area (Å²) in [6, 6.07) is 5.24. The van der Waals surface area contributed by atoms with E-state index in [4.69, 9.17) is 0 Å². The number of carbonyl (C=O) groups excluding carboxylic acids is 1. The van der Waals surface area contributed by atoms with E-state index in [1.165, 1.54) is 18.2 Å². The minimum absolute atomic E-state index is 0.0197. The molecule has 0 bridgehead atoms. The maximum atomic E-state index is 12.9. The lowest BCUT2D eigenvalue weighted by Crippen LogP contribution is -2.45. The minimum atomic E-state index is -4.46. The van der Waals surface area contributed by atoms with E-state index in [0.29, 0.717) is 13.1 Å². The van der Waals surface area contributed by atoms with Crippen molar-refractivity contribution in [3.8, 4) is 0 Å². The second kappa shape index (κ2) is 8.48. The van der Waals surface area contributed by atoms with Crippen LogP contribution < -0.4 is 5.32 Å². The molecule has 1 heterocycles. The zero-order chi connectivity index (χ0) is 17.6. The topological polar surface area (TPSA) is 52.6 Å². The Morgan fingerprint density at radius 1 is 1.29 bits per heavy atom. The molecular weight excluding hydrogens is 321 g/mol. The third-order valence-electron chi connectivity index (χ3n) is 4.35. The summed E-state index contributed by atoms with van der Waals surface area (Å²) in [5.41, 5.74) is -0.787. The van der Waals surface area contributed by atoms with Crippen molar-refractivity contribution in [2.75, 3.05) is 26.2 Å². The van der Waals surface area contributed by atoms with Crippen molar-refractivity contribution in [3.63, 3.8) is 0 Å². The largest absolute Gasteiger partial charge is 0.416 e. The fourth-order valence-electron chi connectivity index (χ4n) is 3.09. The van der Waals surface area contributed by atoms with Crippen molar-refractivity contribution < 1.29 is 23.1 Å². The van der Waals surface area contributed by atoms with Crippen LogP contribution in [0.1, 0.15) is 30.4 Å². The average Bonchev–Trinajstić information content (AvgIpc) is 2.55. The molecule has 24 heavy (non-hydrogen) atoms. The van der Waals surface area contributed by atoms with E-state index in [2.05, 4.69) is 10.2 Å². The van der Waals surface area contributed by atoms with E-state index in [1.807, 2.05) is 0 Å². The monoisotopic (exact) mass is 344 g/mol. The molecule has 0 radical (unpaired) electrons. The first-order valence-corrected chi connectivity index (χ1v) is 8.18. The molecule has 0 unspecified atom stereocenters.